The van der Waals surface area contributed by atoms with Gasteiger partial charge in [-0.2, -0.15) is 11.8 Å². The zero-order chi connectivity index (χ0) is 6.41. The number of thioether (sulfide) groups is 1. The third-order valence-corrected chi connectivity index (χ3v) is 1.48. The Labute approximate surface area is 60.0 Å². The molecule has 2 N–H and O–H groups in total. The van der Waals surface area contributed by atoms with Gasteiger partial charge >= 0.3 is 0 Å². The van der Waals surface area contributed by atoms with Gasteiger partial charge in [-0.05, 0) is 18.4 Å². The van der Waals surface area contributed by atoms with E-state index in [9.17, 15) is 0 Å². The van der Waals surface area contributed by atoms with Crippen LogP contribution in [0.1, 0.15) is 6.42 Å². The molecular formula is C5H10NS2. The lowest BCUT2D eigenvalue weighted by molar-refractivity contribution is 1.19. The standard InChI is InChI=1S/C5H10NS2/c1-8-4-2-3-5(6)7/h3H,2,4H2,1H3,(H2,6,7). The van der Waals surface area contributed by atoms with Crippen LogP contribution in [-0.4, -0.2) is 17.0 Å². The molecule has 0 aliphatic carbocycles. The summed E-state index contributed by atoms with van der Waals surface area (Å²) < 4.78 is 0. The first-order valence-corrected chi connectivity index (χ1v) is 4.19. The maximum atomic E-state index is 5.20. The van der Waals surface area contributed by atoms with E-state index < -0.39 is 0 Å². The Morgan fingerprint density at radius 2 is 2.50 bits per heavy atom. The molecule has 0 saturated heterocycles. The Bertz CT molecular complexity index is 72.8. The fourth-order valence-corrected chi connectivity index (χ4v) is 0.790. The minimum atomic E-state index is 0.513. The van der Waals surface area contributed by atoms with Crippen LogP contribution in [0.2, 0.25) is 0 Å². The van der Waals surface area contributed by atoms with Gasteiger partial charge in [-0.25, -0.2) is 0 Å². The van der Waals surface area contributed by atoms with E-state index in [1.807, 2.05) is 6.42 Å². The number of nitrogens with two attached hydrogens (primary N) is 1. The lowest BCUT2D eigenvalue weighted by Crippen LogP contribution is -2.08. The van der Waals surface area contributed by atoms with E-state index in [1.54, 1.807) is 11.8 Å². The Balaban J connectivity index is 2.82. The van der Waals surface area contributed by atoms with E-state index in [-0.39, 0.29) is 0 Å². The van der Waals surface area contributed by atoms with Crippen molar-refractivity contribution < 1.29 is 0 Å². The van der Waals surface area contributed by atoms with Gasteiger partial charge in [0, 0.05) is 6.42 Å². The molecule has 0 unspecified atom stereocenters. The molecular weight excluding hydrogens is 138 g/mol. The normalized spacial score (nSPS) is 9.12. The van der Waals surface area contributed by atoms with Gasteiger partial charge in [-0.15, -0.1) is 0 Å². The molecule has 0 heterocycles. The molecule has 8 heavy (non-hydrogen) atoms. The average Bonchev–Trinajstić information content (AvgIpc) is 1.66. The van der Waals surface area contributed by atoms with Crippen molar-refractivity contribution in [1.29, 1.82) is 0 Å². The van der Waals surface area contributed by atoms with Gasteiger partial charge in [0.15, 0.2) is 0 Å². The summed E-state index contributed by atoms with van der Waals surface area (Å²) in [5.74, 6) is 1.11. The van der Waals surface area contributed by atoms with Crippen molar-refractivity contribution >= 4 is 29.0 Å². The maximum absolute atomic E-state index is 5.20. The van der Waals surface area contributed by atoms with Crippen molar-refractivity contribution in [3.63, 3.8) is 0 Å². The van der Waals surface area contributed by atoms with Crippen LogP contribution in [0.15, 0.2) is 0 Å². The molecule has 1 radical (unpaired) electrons. The van der Waals surface area contributed by atoms with E-state index in [1.165, 1.54) is 0 Å². The second-order valence-corrected chi connectivity index (χ2v) is 2.84. The van der Waals surface area contributed by atoms with Crippen LogP contribution in [0, 0.1) is 6.42 Å². The second-order valence-electron chi connectivity index (χ2n) is 1.39. The first kappa shape index (κ1) is 8.24. The van der Waals surface area contributed by atoms with E-state index in [0.717, 1.165) is 12.2 Å². The van der Waals surface area contributed by atoms with Crippen LogP contribution in [0.3, 0.4) is 0 Å². The minimum Gasteiger partial charge on any atom is -0.393 e. The highest BCUT2D eigenvalue weighted by atomic mass is 32.2. The summed E-state index contributed by atoms with van der Waals surface area (Å²) in [5, 5.41) is 0. The van der Waals surface area contributed by atoms with Crippen LogP contribution in [0.25, 0.3) is 0 Å². The van der Waals surface area contributed by atoms with Crippen molar-refractivity contribution in [1.82, 2.24) is 0 Å². The van der Waals surface area contributed by atoms with Crippen LogP contribution < -0.4 is 5.73 Å². The Morgan fingerprint density at radius 1 is 1.88 bits per heavy atom. The van der Waals surface area contributed by atoms with Gasteiger partial charge in [0.2, 0.25) is 0 Å². The quantitative estimate of drug-likeness (QED) is 0.480. The summed E-state index contributed by atoms with van der Waals surface area (Å²) in [6, 6.07) is 0. The van der Waals surface area contributed by atoms with Gasteiger partial charge < -0.3 is 5.73 Å². The first-order chi connectivity index (χ1) is 3.77. The van der Waals surface area contributed by atoms with Crippen molar-refractivity contribution in [3.8, 4) is 0 Å². The Kier molecular flexibility index (Phi) is 5.54. The van der Waals surface area contributed by atoms with E-state index >= 15 is 0 Å². The van der Waals surface area contributed by atoms with Gasteiger partial charge in [-0.1, -0.05) is 12.2 Å². The zero-order valence-corrected chi connectivity index (χ0v) is 6.52. The SMILES string of the molecule is CSCC[CH]C(N)=S. The molecule has 0 aliphatic heterocycles. The molecule has 47 valence electrons. The van der Waals surface area contributed by atoms with E-state index in [4.69, 9.17) is 5.73 Å². The monoisotopic (exact) mass is 148 g/mol. The topological polar surface area (TPSA) is 26.0 Å². The smallest absolute Gasteiger partial charge is 0.0766 e. The average molecular weight is 148 g/mol. The lowest BCUT2D eigenvalue weighted by Gasteiger charge is -1.92. The molecule has 0 aromatic heterocycles. The van der Waals surface area contributed by atoms with Crippen LogP contribution in [-0.2, 0) is 0 Å². The number of hydrogen-bond acceptors (Lipinski definition) is 2. The lowest BCUT2D eigenvalue weighted by atomic mass is 10.3. The Morgan fingerprint density at radius 3 is 2.88 bits per heavy atom. The molecule has 0 amide bonds. The van der Waals surface area contributed by atoms with Gasteiger partial charge in [-0.3, -0.25) is 0 Å². The molecule has 0 aliphatic rings. The molecule has 0 aromatic carbocycles. The highest BCUT2D eigenvalue weighted by molar-refractivity contribution is 7.98. The summed E-state index contributed by atoms with van der Waals surface area (Å²) >= 11 is 6.42. The van der Waals surface area contributed by atoms with E-state index in [0.29, 0.717) is 4.99 Å². The van der Waals surface area contributed by atoms with Crippen molar-refractivity contribution in [3.05, 3.63) is 6.42 Å². The summed E-state index contributed by atoms with van der Waals surface area (Å²) in [7, 11) is 0. The largest absolute Gasteiger partial charge is 0.393 e. The fourth-order valence-electron chi connectivity index (χ4n) is 0.319. The molecule has 0 atom stereocenters. The summed E-state index contributed by atoms with van der Waals surface area (Å²) in [5.41, 5.74) is 5.20. The van der Waals surface area contributed by atoms with E-state index in [2.05, 4.69) is 18.5 Å². The summed E-state index contributed by atoms with van der Waals surface area (Å²) in [4.78, 5) is 0.513. The van der Waals surface area contributed by atoms with Crippen LogP contribution in [0.5, 0.6) is 0 Å². The molecule has 3 heteroatoms. The highest BCUT2D eigenvalue weighted by Crippen LogP contribution is 1.97. The minimum absolute atomic E-state index is 0.513. The summed E-state index contributed by atoms with van der Waals surface area (Å²) in [6.07, 6.45) is 4.93. The maximum Gasteiger partial charge on any atom is 0.0766 e. The second kappa shape index (κ2) is 5.38. The molecule has 0 spiro atoms. The third kappa shape index (κ3) is 6.24. The van der Waals surface area contributed by atoms with Crippen LogP contribution >= 0.6 is 24.0 Å². The molecule has 0 rings (SSSR count). The van der Waals surface area contributed by atoms with Crippen LogP contribution in [0.4, 0.5) is 0 Å². The molecule has 0 fully saturated rings. The number of rotatable bonds is 4. The predicted molar refractivity (Wildman–Crippen MR) is 44.1 cm³/mol. The molecule has 0 aromatic rings. The molecule has 0 saturated carbocycles. The van der Waals surface area contributed by atoms with Gasteiger partial charge in [0.1, 0.15) is 0 Å². The predicted octanol–water partition coefficient (Wildman–Crippen LogP) is 1.23. The van der Waals surface area contributed by atoms with Gasteiger partial charge in [0.05, 0.1) is 4.99 Å². The molecule has 1 nitrogen and oxygen atoms in total. The number of hydrogen-bond donors (Lipinski definition) is 1. The van der Waals surface area contributed by atoms with Gasteiger partial charge in [0.25, 0.3) is 0 Å². The van der Waals surface area contributed by atoms with Crippen molar-refractivity contribution in [2.75, 3.05) is 12.0 Å². The number of thiocarbonyl (C=S) groups is 1. The third-order valence-electron chi connectivity index (χ3n) is 0.667. The Hall–Kier alpha value is 0.240. The zero-order valence-electron chi connectivity index (χ0n) is 4.89. The highest BCUT2D eigenvalue weighted by Gasteiger charge is 1.87. The van der Waals surface area contributed by atoms with Crippen molar-refractivity contribution in [2.24, 2.45) is 5.73 Å². The molecule has 0 bridgehead atoms. The fraction of sp³-hybridized carbons (Fsp3) is 0.600. The summed E-state index contributed by atoms with van der Waals surface area (Å²) in [6.45, 7) is 0. The van der Waals surface area contributed by atoms with Crippen molar-refractivity contribution in [2.45, 2.75) is 6.42 Å². The first-order valence-electron chi connectivity index (χ1n) is 2.39.